The van der Waals surface area contributed by atoms with E-state index >= 15 is 0 Å². The van der Waals surface area contributed by atoms with Crippen LogP contribution in [0.2, 0.25) is 0 Å². The van der Waals surface area contributed by atoms with Crippen LogP contribution in [0.5, 0.6) is 5.75 Å². The lowest BCUT2D eigenvalue weighted by Crippen LogP contribution is -2.33. The first-order valence-corrected chi connectivity index (χ1v) is 7.79. The maximum atomic E-state index is 13.3. The van der Waals surface area contributed by atoms with Gasteiger partial charge in [-0.1, -0.05) is 13.3 Å². The number of ether oxygens (including phenoxy) is 1. The van der Waals surface area contributed by atoms with Crippen molar-refractivity contribution < 1.29 is 9.13 Å². The predicted octanol–water partition coefficient (Wildman–Crippen LogP) is 3.67. The van der Waals surface area contributed by atoms with E-state index in [2.05, 4.69) is 6.92 Å². The maximum absolute atomic E-state index is 13.3. The predicted molar refractivity (Wildman–Crippen MR) is 78.3 cm³/mol. The number of nitrogens with two attached hydrogens (primary N) is 1. The average Bonchev–Trinajstić information content (AvgIpc) is 3.02. The van der Waals surface area contributed by atoms with Gasteiger partial charge in [-0.05, 0) is 61.8 Å². The van der Waals surface area contributed by atoms with Crippen molar-refractivity contribution >= 4 is 0 Å². The molecule has 1 saturated carbocycles. The van der Waals surface area contributed by atoms with E-state index in [0.29, 0.717) is 0 Å². The van der Waals surface area contributed by atoms with Gasteiger partial charge in [0, 0.05) is 12.0 Å². The van der Waals surface area contributed by atoms with E-state index < -0.39 is 0 Å². The van der Waals surface area contributed by atoms with Gasteiger partial charge >= 0.3 is 0 Å². The van der Waals surface area contributed by atoms with Gasteiger partial charge in [-0.15, -0.1) is 0 Å². The molecule has 3 unspecified atom stereocenters. The molecule has 2 N–H and O–H groups in total. The molecule has 3 rings (SSSR count). The van der Waals surface area contributed by atoms with E-state index in [9.17, 15) is 4.39 Å². The first-order chi connectivity index (χ1) is 9.64. The van der Waals surface area contributed by atoms with Crippen LogP contribution in [0.15, 0.2) is 18.2 Å². The zero-order valence-corrected chi connectivity index (χ0v) is 12.2. The summed E-state index contributed by atoms with van der Waals surface area (Å²) in [5.74, 6) is 1.50. The molecule has 2 aliphatic rings. The van der Waals surface area contributed by atoms with Crippen molar-refractivity contribution in [1.29, 1.82) is 0 Å². The minimum Gasteiger partial charge on any atom is -0.490 e. The smallest absolute Gasteiger partial charge is 0.123 e. The van der Waals surface area contributed by atoms with Gasteiger partial charge in [-0.2, -0.15) is 0 Å². The normalized spacial score (nSPS) is 32.1. The Kier molecular flexibility index (Phi) is 3.72. The first kappa shape index (κ1) is 13.9. The second-order valence-electron chi connectivity index (χ2n) is 6.62. The van der Waals surface area contributed by atoms with Gasteiger partial charge < -0.3 is 10.5 Å². The van der Waals surface area contributed by atoms with E-state index in [1.807, 2.05) is 0 Å². The Morgan fingerprint density at radius 3 is 3.00 bits per heavy atom. The molecule has 0 saturated heterocycles. The fourth-order valence-corrected chi connectivity index (χ4v) is 4.02. The molecule has 20 heavy (non-hydrogen) atoms. The molecular formula is C17H24FNO. The number of hydrogen-bond acceptors (Lipinski definition) is 2. The average molecular weight is 277 g/mol. The molecule has 2 nitrogen and oxygen atoms in total. The molecule has 0 aromatic heterocycles. The molecule has 1 aliphatic heterocycles. The summed E-state index contributed by atoms with van der Waals surface area (Å²) in [7, 11) is 0. The number of fused-ring (bicyclic) bond motifs is 1. The largest absolute Gasteiger partial charge is 0.490 e. The van der Waals surface area contributed by atoms with Crippen LogP contribution in [0.25, 0.3) is 0 Å². The Morgan fingerprint density at radius 1 is 1.45 bits per heavy atom. The maximum Gasteiger partial charge on any atom is 0.123 e. The van der Waals surface area contributed by atoms with Gasteiger partial charge in [0.2, 0.25) is 0 Å². The zero-order valence-electron chi connectivity index (χ0n) is 12.2. The molecule has 1 aromatic rings. The standard InChI is InChI=1S/C17H24FNO/c1-2-12-5-6-17(9-12,11-19)10-15-8-13-7-14(18)3-4-16(13)20-15/h3-4,7,12,15H,2,5-6,8-11,19H2,1H3. The lowest BCUT2D eigenvalue weighted by atomic mass is 9.79. The Morgan fingerprint density at radius 2 is 2.30 bits per heavy atom. The minimum absolute atomic E-state index is 0.172. The number of rotatable bonds is 4. The van der Waals surface area contributed by atoms with Crippen molar-refractivity contribution in [3.05, 3.63) is 29.6 Å². The zero-order chi connectivity index (χ0) is 14.2. The Labute approximate surface area is 120 Å². The molecule has 110 valence electrons. The van der Waals surface area contributed by atoms with E-state index in [0.717, 1.165) is 36.6 Å². The van der Waals surface area contributed by atoms with Crippen molar-refractivity contribution in [3.63, 3.8) is 0 Å². The Balaban J connectivity index is 1.67. The summed E-state index contributed by atoms with van der Waals surface area (Å²) in [6.45, 7) is 3.01. The Hall–Kier alpha value is -1.09. The van der Waals surface area contributed by atoms with E-state index in [-0.39, 0.29) is 17.3 Å². The van der Waals surface area contributed by atoms with Gasteiger partial charge in [0.05, 0.1) is 0 Å². The molecule has 3 atom stereocenters. The van der Waals surface area contributed by atoms with Crippen LogP contribution in [-0.4, -0.2) is 12.6 Å². The quantitative estimate of drug-likeness (QED) is 0.911. The van der Waals surface area contributed by atoms with E-state index in [4.69, 9.17) is 10.5 Å². The molecule has 0 spiro atoms. The molecule has 1 aliphatic carbocycles. The van der Waals surface area contributed by atoms with Crippen LogP contribution < -0.4 is 10.5 Å². The summed E-state index contributed by atoms with van der Waals surface area (Å²) in [6, 6.07) is 4.83. The Bertz CT molecular complexity index is 490. The lowest BCUT2D eigenvalue weighted by Gasteiger charge is -2.30. The summed E-state index contributed by atoms with van der Waals surface area (Å²) in [5, 5.41) is 0. The number of halogens is 1. The number of hydrogen-bond donors (Lipinski definition) is 1. The third-order valence-corrected chi connectivity index (χ3v) is 5.24. The van der Waals surface area contributed by atoms with Gasteiger partial charge in [0.15, 0.2) is 0 Å². The second kappa shape index (κ2) is 5.36. The molecule has 0 bridgehead atoms. The van der Waals surface area contributed by atoms with Crippen LogP contribution in [0.1, 0.15) is 44.6 Å². The molecule has 1 aromatic carbocycles. The highest BCUT2D eigenvalue weighted by Crippen LogP contribution is 2.47. The van der Waals surface area contributed by atoms with Crippen molar-refractivity contribution in [1.82, 2.24) is 0 Å². The van der Waals surface area contributed by atoms with Crippen LogP contribution in [0.4, 0.5) is 4.39 Å². The van der Waals surface area contributed by atoms with E-state index in [1.165, 1.54) is 31.7 Å². The van der Waals surface area contributed by atoms with Crippen molar-refractivity contribution in [2.45, 2.75) is 51.6 Å². The topological polar surface area (TPSA) is 35.2 Å². The summed E-state index contributed by atoms with van der Waals surface area (Å²) >= 11 is 0. The van der Waals surface area contributed by atoms with Crippen molar-refractivity contribution in [2.75, 3.05) is 6.54 Å². The fourth-order valence-electron chi connectivity index (χ4n) is 4.02. The summed E-state index contributed by atoms with van der Waals surface area (Å²) in [6.07, 6.45) is 6.99. The summed E-state index contributed by atoms with van der Waals surface area (Å²) in [4.78, 5) is 0. The fraction of sp³-hybridized carbons (Fsp3) is 0.647. The van der Waals surface area contributed by atoms with E-state index in [1.54, 1.807) is 12.1 Å². The van der Waals surface area contributed by atoms with Crippen molar-refractivity contribution in [3.8, 4) is 5.75 Å². The SMILES string of the molecule is CCC1CCC(CN)(CC2Cc3cc(F)ccc3O2)C1. The van der Waals surface area contributed by atoms with Gasteiger partial charge in [-0.25, -0.2) is 4.39 Å². The molecular weight excluding hydrogens is 253 g/mol. The third kappa shape index (κ3) is 2.56. The van der Waals surface area contributed by atoms with Gasteiger partial charge in [-0.3, -0.25) is 0 Å². The highest BCUT2D eigenvalue weighted by molar-refractivity contribution is 5.37. The van der Waals surface area contributed by atoms with Gasteiger partial charge in [0.1, 0.15) is 17.7 Å². The first-order valence-electron chi connectivity index (χ1n) is 7.79. The highest BCUT2D eigenvalue weighted by atomic mass is 19.1. The summed E-state index contributed by atoms with van der Waals surface area (Å²) in [5.41, 5.74) is 7.33. The molecule has 3 heteroatoms. The lowest BCUT2D eigenvalue weighted by molar-refractivity contribution is 0.138. The molecule has 1 heterocycles. The number of benzene rings is 1. The van der Waals surface area contributed by atoms with Crippen LogP contribution in [-0.2, 0) is 6.42 Å². The molecule has 0 amide bonds. The molecule has 0 radical (unpaired) electrons. The summed E-state index contributed by atoms with van der Waals surface area (Å²) < 4.78 is 19.3. The van der Waals surface area contributed by atoms with Gasteiger partial charge in [0.25, 0.3) is 0 Å². The van der Waals surface area contributed by atoms with Crippen LogP contribution >= 0.6 is 0 Å². The van der Waals surface area contributed by atoms with Crippen molar-refractivity contribution in [2.24, 2.45) is 17.1 Å². The monoisotopic (exact) mass is 277 g/mol. The van der Waals surface area contributed by atoms with Crippen LogP contribution in [0, 0.1) is 17.2 Å². The molecule has 1 fully saturated rings. The highest BCUT2D eigenvalue weighted by Gasteiger charge is 2.40. The minimum atomic E-state index is -0.173. The third-order valence-electron chi connectivity index (χ3n) is 5.24. The van der Waals surface area contributed by atoms with Crippen LogP contribution in [0.3, 0.4) is 0 Å². The second-order valence-corrected chi connectivity index (χ2v) is 6.62.